The second-order valence-corrected chi connectivity index (χ2v) is 10.9. The lowest BCUT2D eigenvalue weighted by Gasteiger charge is -2.35. The summed E-state index contributed by atoms with van der Waals surface area (Å²) in [5, 5.41) is 0.568. The first-order valence-electron chi connectivity index (χ1n) is 12.0. The zero-order valence-electron chi connectivity index (χ0n) is 19.9. The van der Waals surface area contributed by atoms with Crippen LogP contribution >= 0.6 is 22.9 Å². The van der Waals surface area contributed by atoms with Gasteiger partial charge in [0.15, 0.2) is 0 Å². The maximum atomic E-state index is 13.7. The molecule has 1 heterocycles. The van der Waals surface area contributed by atoms with Gasteiger partial charge in [-0.25, -0.2) is 4.39 Å². The quantitative estimate of drug-likeness (QED) is 0.331. The van der Waals surface area contributed by atoms with Gasteiger partial charge in [0.05, 0.1) is 6.54 Å². The summed E-state index contributed by atoms with van der Waals surface area (Å²) in [6, 6.07) is 17.2. The van der Waals surface area contributed by atoms with Crippen LogP contribution in [-0.4, -0.2) is 34.2 Å². The lowest BCUT2D eigenvalue weighted by Crippen LogP contribution is -2.48. The third-order valence-corrected chi connectivity index (χ3v) is 7.69. The van der Waals surface area contributed by atoms with Crippen LogP contribution in [-0.2, 0) is 17.9 Å². The van der Waals surface area contributed by atoms with Crippen molar-refractivity contribution in [3.8, 4) is 0 Å². The van der Waals surface area contributed by atoms with Crippen LogP contribution in [0.2, 0.25) is 5.02 Å². The Morgan fingerprint density at radius 1 is 0.943 bits per heavy atom. The van der Waals surface area contributed by atoms with Crippen molar-refractivity contribution in [2.45, 2.75) is 58.2 Å². The number of halogens is 2. The molecule has 2 amide bonds. The molecule has 3 aromatic rings. The minimum absolute atomic E-state index is 0.0116. The van der Waals surface area contributed by atoms with E-state index in [1.807, 2.05) is 19.1 Å². The van der Waals surface area contributed by atoms with Crippen LogP contribution in [0.25, 0.3) is 0 Å². The first-order valence-corrected chi connectivity index (χ1v) is 13.2. The fraction of sp³-hybridized carbons (Fsp3) is 0.357. The smallest absolute Gasteiger partial charge is 0.254 e. The highest BCUT2D eigenvalue weighted by Crippen LogP contribution is 2.26. The molecule has 4 nitrogen and oxygen atoms in total. The van der Waals surface area contributed by atoms with Crippen molar-refractivity contribution < 1.29 is 14.0 Å². The van der Waals surface area contributed by atoms with Gasteiger partial charge in [0, 0.05) is 32.9 Å². The van der Waals surface area contributed by atoms with Gasteiger partial charge in [0.1, 0.15) is 12.4 Å². The second kappa shape index (κ2) is 11.8. The van der Waals surface area contributed by atoms with Crippen LogP contribution in [0.5, 0.6) is 0 Å². The van der Waals surface area contributed by atoms with E-state index in [1.54, 1.807) is 57.5 Å². The Hall–Kier alpha value is -2.70. The molecule has 0 N–H and O–H groups in total. The average Bonchev–Trinajstić information content (AvgIpc) is 3.28. The summed E-state index contributed by atoms with van der Waals surface area (Å²) in [5.41, 5.74) is 1.38. The Morgan fingerprint density at radius 2 is 1.63 bits per heavy atom. The molecule has 1 saturated carbocycles. The summed E-state index contributed by atoms with van der Waals surface area (Å²) < 4.78 is 13.5. The summed E-state index contributed by atoms with van der Waals surface area (Å²) in [5.74, 6) is -0.568. The van der Waals surface area contributed by atoms with Crippen molar-refractivity contribution >= 4 is 34.8 Å². The fourth-order valence-corrected chi connectivity index (χ4v) is 5.60. The predicted octanol–water partition coefficient (Wildman–Crippen LogP) is 6.85. The number of benzene rings is 2. The van der Waals surface area contributed by atoms with Crippen molar-refractivity contribution in [2.75, 3.05) is 6.54 Å². The highest BCUT2D eigenvalue weighted by Gasteiger charge is 2.30. The molecule has 1 aromatic heterocycles. The van der Waals surface area contributed by atoms with Gasteiger partial charge in [-0.3, -0.25) is 9.59 Å². The van der Waals surface area contributed by atoms with Gasteiger partial charge in [-0.15, -0.1) is 11.3 Å². The van der Waals surface area contributed by atoms with Crippen LogP contribution in [0.4, 0.5) is 4.39 Å². The lowest BCUT2D eigenvalue weighted by atomic mass is 9.93. The topological polar surface area (TPSA) is 40.6 Å². The molecule has 1 aliphatic rings. The number of carbonyl (C=O) groups is 2. The zero-order chi connectivity index (χ0) is 24.8. The predicted molar refractivity (Wildman–Crippen MR) is 139 cm³/mol. The van der Waals surface area contributed by atoms with E-state index in [-0.39, 0.29) is 30.2 Å². The third kappa shape index (κ3) is 6.92. The molecule has 7 heteroatoms. The van der Waals surface area contributed by atoms with Crippen molar-refractivity contribution in [2.24, 2.45) is 0 Å². The number of hydrogen-bond acceptors (Lipinski definition) is 3. The number of hydrogen-bond donors (Lipinski definition) is 0. The minimum atomic E-state index is -0.308. The Labute approximate surface area is 215 Å². The number of rotatable bonds is 8. The van der Waals surface area contributed by atoms with E-state index in [1.165, 1.54) is 17.0 Å². The number of nitrogens with zero attached hydrogens (tertiary/aromatic N) is 2. The largest absolute Gasteiger partial charge is 0.332 e. The van der Waals surface area contributed by atoms with E-state index in [0.29, 0.717) is 23.7 Å². The van der Waals surface area contributed by atoms with Gasteiger partial charge >= 0.3 is 0 Å². The monoisotopic (exact) mass is 512 g/mol. The summed E-state index contributed by atoms with van der Waals surface area (Å²) in [6.45, 7) is 2.85. The summed E-state index contributed by atoms with van der Waals surface area (Å²) in [6.07, 6.45) is 5.05. The molecule has 0 atom stereocenters. The van der Waals surface area contributed by atoms with Gasteiger partial charge in [0.25, 0.3) is 5.91 Å². The summed E-state index contributed by atoms with van der Waals surface area (Å²) in [7, 11) is 0. The lowest BCUT2D eigenvalue weighted by molar-refractivity contribution is -0.133. The molecule has 35 heavy (non-hydrogen) atoms. The van der Waals surface area contributed by atoms with E-state index >= 15 is 0 Å². The summed E-state index contributed by atoms with van der Waals surface area (Å²) >= 11 is 7.68. The Morgan fingerprint density at radius 3 is 2.26 bits per heavy atom. The third-order valence-electron chi connectivity index (χ3n) is 6.46. The van der Waals surface area contributed by atoms with Crippen molar-refractivity contribution in [3.63, 3.8) is 0 Å². The molecule has 0 bridgehead atoms. The Balaban J connectivity index is 1.58. The van der Waals surface area contributed by atoms with E-state index in [0.717, 1.165) is 42.5 Å². The SMILES string of the molecule is Cc1ccc(CN(Cc2ccc(F)cc2)C(=O)CN(C(=O)c2ccc(Cl)cc2)C2CCCCC2)s1. The standard InChI is InChI=1S/C28H30ClFN2O2S/c1-20-7-16-26(35-20)18-31(17-21-8-14-24(30)15-9-21)27(33)19-32(25-5-3-2-4-6-25)28(34)22-10-12-23(29)13-11-22/h7-16,25H,2-6,17-19H2,1H3. The molecular formula is C28H30ClFN2O2S. The van der Waals surface area contributed by atoms with Gasteiger partial charge < -0.3 is 9.80 Å². The van der Waals surface area contributed by atoms with E-state index in [4.69, 9.17) is 11.6 Å². The van der Waals surface area contributed by atoms with Crippen LogP contribution in [0.3, 0.4) is 0 Å². The molecule has 0 saturated heterocycles. The molecular weight excluding hydrogens is 483 g/mol. The van der Waals surface area contributed by atoms with E-state index in [2.05, 4.69) is 0 Å². The van der Waals surface area contributed by atoms with Crippen LogP contribution in [0.1, 0.15) is 57.8 Å². The zero-order valence-corrected chi connectivity index (χ0v) is 21.5. The average molecular weight is 513 g/mol. The number of aryl methyl sites for hydroxylation is 1. The van der Waals surface area contributed by atoms with E-state index in [9.17, 15) is 14.0 Å². The highest BCUT2D eigenvalue weighted by molar-refractivity contribution is 7.11. The molecule has 4 rings (SSSR count). The molecule has 0 unspecified atom stereocenters. The molecule has 0 spiro atoms. The van der Waals surface area contributed by atoms with Crippen LogP contribution in [0, 0.1) is 12.7 Å². The molecule has 184 valence electrons. The van der Waals surface area contributed by atoms with Gasteiger partial charge in [-0.2, -0.15) is 0 Å². The van der Waals surface area contributed by atoms with Crippen molar-refractivity contribution in [1.82, 2.24) is 9.80 Å². The van der Waals surface area contributed by atoms with Crippen molar-refractivity contribution in [3.05, 3.63) is 92.4 Å². The molecule has 2 aromatic carbocycles. The Bertz CT molecular complexity index is 1140. The Kier molecular flexibility index (Phi) is 8.58. The normalized spacial score (nSPS) is 14.0. The minimum Gasteiger partial charge on any atom is -0.332 e. The first kappa shape index (κ1) is 25.4. The second-order valence-electron chi connectivity index (χ2n) is 9.12. The van der Waals surface area contributed by atoms with Crippen LogP contribution < -0.4 is 0 Å². The maximum absolute atomic E-state index is 13.7. The maximum Gasteiger partial charge on any atom is 0.254 e. The van der Waals surface area contributed by atoms with Gasteiger partial charge in [-0.1, -0.05) is 43.0 Å². The van der Waals surface area contributed by atoms with Gasteiger partial charge in [0.2, 0.25) is 5.91 Å². The van der Waals surface area contributed by atoms with Crippen LogP contribution in [0.15, 0.2) is 60.7 Å². The number of carbonyl (C=O) groups excluding carboxylic acids is 2. The highest BCUT2D eigenvalue weighted by atomic mass is 35.5. The molecule has 1 aliphatic carbocycles. The van der Waals surface area contributed by atoms with Crippen molar-refractivity contribution in [1.29, 1.82) is 0 Å². The molecule has 1 fully saturated rings. The summed E-state index contributed by atoms with van der Waals surface area (Å²) in [4.78, 5) is 33.0. The fourth-order valence-electron chi connectivity index (χ4n) is 4.56. The van der Waals surface area contributed by atoms with Gasteiger partial charge in [-0.05, 0) is 73.9 Å². The number of thiophene rings is 1. The molecule has 0 aliphatic heterocycles. The molecule has 0 radical (unpaired) electrons. The number of amides is 2. The van der Waals surface area contributed by atoms with E-state index < -0.39 is 0 Å². The first-order chi connectivity index (χ1) is 16.9.